The Morgan fingerprint density at radius 3 is 2.73 bits per heavy atom. The molecule has 2 heteroatoms. The van der Waals surface area contributed by atoms with E-state index in [-0.39, 0.29) is 0 Å². The molecule has 3 unspecified atom stereocenters. The molecule has 3 rings (SSSR count). The summed E-state index contributed by atoms with van der Waals surface area (Å²) in [6.07, 6.45) is 1.53. The molecule has 0 aromatic carbocycles. The molecule has 0 radical (unpaired) electrons. The fourth-order valence-electron chi connectivity index (χ4n) is 3.13. The van der Waals surface area contributed by atoms with Gasteiger partial charge in [-0.2, -0.15) is 0 Å². The van der Waals surface area contributed by atoms with Crippen molar-refractivity contribution in [1.29, 1.82) is 0 Å². The third-order valence-electron chi connectivity index (χ3n) is 3.78. The van der Waals surface area contributed by atoms with Crippen molar-refractivity contribution >= 4 is 0 Å². The van der Waals surface area contributed by atoms with E-state index in [1.54, 1.807) is 0 Å². The highest BCUT2D eigenvalue weighted by Gasteiger charge is 2.55. The topological polar surface area (TPSA) is 6.48 Å². The summed E-state index contributed by atoms with van der Waals surface area (Å²) in [6, 6.07) is 1.03. The van der Waals surface area contributed by atoms with Crippen LogP contribution in [-0.2, 0) is 0 Å². The molecule has 0 amide bonds. The lowest BCUT2D eigenvalue weighted by atomic mass is 9.62. The van der Waals surface area contributed by atoms with E-state index < -0.39 is 0 Å². The summed E-state index contributed by atoms with van der Waals surface area (Å²) < 4.78 is 0. The third kappa shape index (κ3) is 0.695. The Morgan fingerprint density at radius 2 is 2.09 bits per heavy atom. The maximum absolute atomic E-state index is 2.66. The molecule has 11 heavy (non-hydrogen) atoms. The molecule has 1 aliphatic carbocycles. The van der Waals surface area contributed by atoms with E-state index in [1.165, 1.54) is 32.7 Å². The van der Waals surface area contributed by atoms with Gasteiger partial charge in [-0.25, -0.2) is 0 Å². The monoisotopic (exact) mass is 152 g/mol. The van der Waals surface area contributed by atoms with Crippen LogP contribution in [0.3, 0.4) is 0 Å². The summed E-state index contributed by atoms with van der Waals surface area (Å²) in [6.45, 7) is 7.56. The second kappa shape index (κ2) is 1.99. The molecule has 3 aliphatic rings. The van der Waals surface area contributed by atoms with Gasteiger partial charge in [0.25, 0.3) is 0 Å². The summed E-state index contributed by atoms with van der Waals surface area (Å²) in [5.74, 6) is 2.15. The van der Waals surface area contributed by atoms with Gasteiger partial charge >= 0.3 is 0 Å². The second-order valence-corrected chi connectivity index (χ2v) is 4.33. The summed E-state index contributed by atoms with van der Waals surface area (Å²) in [5.41, 5.74) is 0. The molecule has 0 aromatic rings. The molecular formula is C9H16N2. The van der Waals surface area contributed by atoms with Gasteiger partial charge < -0.3 is 0 Å². The average molecular weight is 152 g/mol. The molecule has 0 aromatic heterocycles. The fraction of sp³-hybridized carbons (Fsp3) is 1.00. The van der Waals surface area contributed by atoms with Crippen LogP contribution in [-0.4, -0.2) is 42.1 Å². The molecule has 2 heterocycles. The first-order chi connectivity index (χ1) is 5.38. The highest BCUT2D eigenvalue weighted by molar-refractivity contribution is 5.08. The molecule has 3 atom stereocenters. The van der Waals surface area contributed by atoms with Gasteiger partial charge in [-0.15, -0.1) is 0 Å². The van der Waals surface area contributed by atoms with Gasteiger partial charge in [-0.05, 0) is 24.8 Å². The van der Waals surface area contributed by atoms with Gasteiger partial charge in [0.1, 0.15) is 0 Å². The first kappa shape index (κ1) is 6.44. The van der Waals surface area contributed by atoms with Gasteiger partial charge in [0.15, 0.2) is 0 Å². The molecular weight excluding hydrogens is 136 g/mol. The highest BCUT2D eigenvalue weighted by Crippen LogP contribution is 2.48. The van der Waals surface area contributed by atoms with Crippen molar-refractivity contribution in [2.45, 2.75) is 19.4 Å². The zero-order valence-corrected chi connectivity index (χ0v) is 7.16. The quantitative estimate of drug-likeness (QED) is 0.543. The van der Waals surface area contributed by atoms with Gasteiger partial charge in [0.2, 0.25) is 0 Å². The first-order valence-electron chi connectivity index (χ1n) is 4.85. The second-order valence-electron chi connectivity index (χ2n) is 4.33. The van der Waals surface area contributed by atoms with Crippen LogP contribution in [0, 0.1) is 11.8 Å². The van der Waals surface area contributed by atoms with Crippen LogP contribution >= 0.6 is 0 Å². The Labute approximate surface area is 68.2 Å². The Bertz CT molecular complexity index is 164. The zero-order valence-electron chi connectivity index (χ0n) is 7.16. The molecule has 0 N–H and O–H groups in total. The molecule has 62 valence electrons. The number of hydrogen-bond acceptors (Lipinski definition) is 2. The molecule has 3 fully saturated rings. The predicted octanol–water partition coefficient (Wildman–Crippen LogP) is 0.600. The molecule has 2 nitrogen and oxygen atoms in total. The predicted molar refractivity (Wildman–Crippen MR) is 44.2 cm³/mol. The number of nitrogens with zero attached hydrogens (tertiary/aromatic N) is 2. The summed E-state index contributed by atoms with van der Waals surface area (Å²) >= 11 is 0. The number of hydrogen-bond donors (Lipinski definition) is 0. The number of rotatable bonds is 1. The van der Waals surface area contributed by atoms with E-state index in [2.05, 4.69) is 16.7 Å². The van der Waals surface area contributed by atoms with Crippen LogP contribution < -0.4 is 0 Å². The van der Waals surface area contributed by atoms with Crippen LogP contribution in [0.5, 0.6) is 0 Å². The highest BCUT2D eigenvalue weighted by atomic mass is 15.4. The fourth-order valence-corrected chi connectivity index (χ4v) is 3.13. The molecule has 0 bridgehead atoms. The van der Waals surface area contributed by atoms with Crippen molar-refractivity contribution in [2.75, 3.05) is 26.3 Å². The standard InChI is InChI=1S/C9H16N2/c1-2-10-4-7-3-8-5-11(6-10)9(7)8/h7-9H,2-6H2,1H3. The van der Waals surface area contributed by atoms with Crippen LogP contribution in [0.4, 0.5) is 0 Å². The van der Waals surface area contributed by atoms with Crippen molar-refractivity contribution < 1.29 is 0 Å². The normalized spacial score (nSPS) is 49.4. The van der Waals surface area contributed by atoms with Crippen molar-refractivity contribution in [1.82, 2.24) is 9.80 Å². The Morgan fingerprint density at radius 1 is 1.27 bits per heavy atom. The van der Waals surface area contributed by atoms with Gasteiger partial charge in [0, 0.05) is 19.1 Å². The van der Waals surface area contributed by atoms with Crippen molar-refractivity contribution in [3.05, 3.63) is 0 Å². The maximum Gasteiger partial charge on any atom is 0.0509 e. The van der Waals surface area contributed by atoms with Crippen molar-refractivity contribution in [3.8, 4) is 0 Å². The minimum atomic E-state index is 1.03. The first-order valence-corrected chi connectivity index (χ1v) is 4.85. The minimum absolute atomic E-state index is 1.03. The lowest BCUT2D eigenvalue weighted by Crippen LogP contribution is -2.74. The van der Waals surface area contributed by atoms with Gasteiger partial charge in [-0.3, -0.25) is 9.80 Å². The summed E-state index contributed by atoms with van der Waals surface area (Å²) in [7, 11) is 0. The Balaban J connectivity index is 1.72. The van der Waals surface area contributed by atoms with E-state index >= 15 is 0 Å². The minimum Gasteiger partial charge on any atom is -0.290 e. The largest absolute Gasteiger partial charge is 0.290 e. The maximum atomic E-state index is 2.66. The van der Waals surface area contributed by atoms with E-state index in [9.17, 15) is 0 Å². The van der Waals surface area contributed by atoms with Crippen molar-refractivity contribution in [3.63, 3.8) is 0 Å². The van der Waals surface area contributed by atoms with Gasteiger partial charge in [-0.1, -0.05) is 6.92 Å². The molecule has 2 aliphatic heterocycles. The van der Waals surface area contributed by atoms with Gasteiger partial charge in [0.05, 0.1) is 6.67 Å². The van der Waals surface area contributed by atoms with Crippen LogP contribution in [0.15, 0.2) is 0 Å². The summed E-state index contributed by atoms with van der Waals surface area (Å²) in [4.78, 5) is 5.24. The van der Waals surface area contributed by atoms with E-state index in [0.29, 0.717) is 0 Å². The molecule has 0 spiro atoms. The van der Waals surface area contributed by atoms with Crippen LogP contribution in [0.25, 0.3) is 0 Å². The molecule has 1 saturated carbocycles. The number of piperidine rings is 1. The average Bonchev–Trinajstić information content (AvgIpc) is 1.92. The smallest absolute Gasteiger partial charge is 0.0509 e. The lowest BCUT2D eigenvalue weighted by molar-refractivity contribution is -0.175. The Kier molecular flexibility index (Phi) is 1.16. The zero-order chi connectivity index (χ0) is 7.42. The van der Waals surface area contributed by atoms with Crippen LogP contribution in [0.2, 0.25) is 0 Å². The summed E-state index contributed by atoms with van der Waals surface area (Å²) in [5, 5.41) is 0. The van der Waals surface area contributed by atoms with Crippen molar-refractivity contribution in [2.24, 2.45) is 11.8 Å². The SMILES string of the molecule is CCN1CC2CC3CN(C1)C23. The van der Waals surface area contributed by atoms with E-state index in [0.717, 1.165) is 17.9 Å². The Hall–Kier alpha value is -0.0800. The van der Waals surface area contributed by atoms with E-state index in [1.807, 2.05) is 0 Å². The van der Waals surface area contributed by atoms with E-state index in [4.69, 9.17) is 0 Å². The van der Waals surface area contributed by atoms with Crippen LogP contribution in [0.1, 0.15) is 13.3 Å². The third-order valence-corrected chi connectivity index (χ3v) is 3.78. The molecule has 2 saturated heterocycles. The lowest BCUT2D eigenvalue weighted by Gasteiger charge is -2.65.